The van der Waals surface area contributed by atoms with Gasteiger partial charge < -0.3 is 5.32 Å². The lowest BCUT2D eigenvalue weighted by Crippen LogP contribution is -2.15. The monoisotopic (exact) mass is 303 g/mol. The molecule has 21 heavy (non-hydrogen) atoms. The number of hydrogen-bond donors (Lipinski definition) is 1. The topological polar surface area (TPSA) is 29.9 Å². The Hall–Kier alpha value is -1.32. The third kappa shape index (κ3) is 3.47. The van der Waals surface area contributed by atoms with Gasteiger partial charge in [0, 0.05) is 41.5 Å². The smallest absolute Gasteiger partial charge is 0.0672 e. The van der Waals surface area contributed by atoms with Gasteiger partial charge in [-0.25, -0.2) is 0 Å². The van der Waals surface area contributed by atoms with Crippen molar-refractivity contribution < 1.29 is 0 Å². The van der Waals surface area contributed by atoms with Crippen LogP contribution in [-0.2, 0) is 13.1 Å². The lowest BCUT2D eigenvalue weighted by atomic mass is 10.0. The summed E-state index contributed by atoms with van der Waals surface area (Å²) in [6, 6.07) is 7.07. The van der Waals surface area contributed by atoms with E-state index in [0.717, 1.165) is 47.4 Å². The highest BCUT2D eigenvalue weighted by Crippen LogP contribution is 2.31. The molecule has 112 valence electrons. The number of nitrogens with one attached hydrogen (secondary N) is 1. The predicted molar refractivity (Wildman–Crippen MR) is 87.6 cm³/mol. The molecule has 1 aliphatic rings. The molecular formula is C17H22ClN3. The van der Waals surface area contributed by atoms with Gasteiger partial charge in [-0.2, -0.15) is 5.10 Å². The van der Waals surface area contributed by atoms with Crippen LogP contribution in [0.15, 0.2) is 24.4 Å². The quantitative estimate of drug-likeness (QED) is 0.868. The molecule has 1 N–H and O–H groups in total. The lowest BCUT2D eigenvalue weighted by Gasteiger charge is -2.07. The molecule has 1 fully saturated rings. The van der Waals surface area contributed by atoms with Crippen molar-refractivity contribution in [2.24, 2.45) is 0 Å². The van der Waals surface area contributed by atoms with E-state index in [-0.39, 0.29) is 0 Å². The molecule has 4 heteroatoms. The fourth-order valence-electron chi connectivity index (χ4n) is 2.56. The first-order valence-corrected chi connectivity index (χ1v) is 8.11. The largest absolute Gasteiger partial charge is 0.310 e. The zero-order valence-electron chi connectivity index (χ0n) is 12.7. The van der Waals surface area contributed by atoms with Crippen molar-refractivity contribution in [1.82, 2.24) is 15.1 Å². The van der Waals surface area contributed by atoms with Gasteiger partial charge in [-0.05, 0) is 37.8 Å². The molecule has 1 aliphatic carbocycles. The number of halogens is 1. The Morgan fingerprint density at radius 2 is 2.14 bits per heavy atom. The van der Waals surface area contributed by atoms with Crippen molar-refractivity contribution in [3.8, 4) is 11.1 Å². The summed E-state index contributed by atoms with van der Waals surface area (Å²) in [6.07, 6.45) is 5.80. The Bertz CT molecular complexity index is 629. The minimum Gasteiger partial charge on any atom is -0.310 e. The molecule has 1 aromatic carbocycles. The fourth-order valence-corrected chi connectivity index (χ4v) is 2.87. The minimum atomic E-state index is 0.720. The number of rotatable bonds is 6. The lowest BCUT2D eigenvalue weighted by molar-refractivity contribution is 0.598. The maximum absolute atomic E-state index is 6.49. The highest BCUT2D eigenvalue weighted by Gasteiger charge is 2.20. The van der Waals surface area contributed by atoms with Crippen LogP contribution in [0.4, 0.5) is 0 Å². The summed E-state index contributed by atoms with van der Waals surface area (Å²) in [6.45, 7) is 6.05. The maximum Gasteiger partial charge on any atom is 0.0672 e. The average Bonchev–Trinajstić information content (AvgIpc) is 3.21. The number of benzene rings is 1. The van der Waals surface area contributed by atoms with Crippen molar-refractivity contribution in [3.05, 3.63) is 40.7 Å². The van der Waals surface area contributed by atoms with E-state index in [9.17, 15) is 0 Å². The summed E-state index contributed by atoms with van der Waals surface area (Å²) in [5.41, 5.74) is 4.49. The fraction of sp³-hybridized carbons (Fsp3) is 0.471. The molecule has 0 bridgehead atoms. The second kappa shape index (κ2) is 6.20. The van der Waals surface area contributed by atoms with E-state index >= 15 is 0 Å². The molecule has 0 unspecified atom stereocenters. The van der Waals surface area contributed by atoms with Gasteiger partial charge in [0.15, 0.2) is 0 Å². The standard InChI is InChI=1S/C17H22ClN3/c1-3-8-21-11-16(12(2)20-21)15-7-4-13(9-17(15)18)10-19-14-5-6-14/h4,7,9,11,14,19H,3,5-6,8,10H2,1-2H3. The van der Waals surface area contributed by atoms with Crippen molar-refractivity contribution in [3.63, 3.8) is 0 Å². The van der Waals surface area contributed by atoms with E-state index in [2.05, 4.69) is 41.7 Å². The van der Waals surface area contributed by atoms with Gasteiger partial charge in [-0.1, -0.05) is 30.7 Å². The Kier molecular flexibility index (Phi) is 4.32. The molecule has 1 heterocycles. The molecule has 0 aliphatic heterocycles. The third-order valence-electron chi connectivity index (χ3n) is 3.89. The van der Waals surface area contributed by atoms with Crippen LogP contribution < -0.4 is 5.32 Å². The number of aromatic nitrogens is 2. The average molecular weight is 304 g/mol. The zero-order valence-corrected chi connectivity index (χ0v) is 13.5. The maximum atomic E-state index is 6.49. The molecule has 3 rings (SSSR count). The van der Waals surface area contributed by atoms with E-state index in [0.29, 0.717) is 0 Å². The SMILES string of the molecule is CCCn1cc(-c2ccc(CNC3CC3)cc2Cl)c(C)n1. The molecule has 0 radical (unpaired) electrons. The van der Waals surface area contributed by atoms with Crippen LogP contribution in [0.2, 0.25) is 5.02 Å². The summed E-state index contributed by atoms with van der Waals surface area (Å²) in [7, 11) is 0. The molecule has 1 aromatic heterocycles. The van der Waals surface area contributed by atoms with E-state index in [1.54, 1.807) is 0 Å². The molecule has 3 nitrogen and oxygen atoms in total. The Morgan fingerprint density at radius 3 is 2.81 bits per heavy atom. The summed E-state index contributed by atoms with van der Waals surface area (Å²) in [5.74, 6) is 0. The summed E-state index contributed by atoms with van der Waals surface area (Å²) in [4.78, 5) is 0. The van der Waals surface area contributed by atoms with E-state index in [1.165, 1.54) is 18.4 Å². The molecule has 0 spiro atoms. The summed E-state index contributed by atoms with van der Waals surface area (Å²) < 4.78 is 2.00. The Morgan fingerprint density at radius 1 is 1.33 bits per heavy atom. The first kappa shape index (κ1) is 14.6. The Labute approximate surface area is 131 Å². The van der Waals surface area contributed by atoms with Crippen molar-refractivity contribution in [2.75, 3.05) is 0 Å². The van der Waals surface area contributed by atoms with E-state index in [4.69, 9.17) is 11.6 Å². The van der Waals surface area contributed by atoms with Crippen LogP contribution in [0.3, 0.4) is 0 Å². The number of nitrogens with zero attached hydrogens (tertiary/aromatic N) is 2. The third-order valence-corrected chi connectivity index (χ3v) is 4.21. The van der Waals surface area contributed by atoms with E-state index in [1.807, 2.05) is 11.6 Å². The van der Waals surface area contributed by atoms with Crippen LogP contribution >= 0.6 is 11.6 Å². The molecule has 0 atom stereocenters. The molecule has 0 amide bonds. The number of aryl methyl sites for hydroxylation is 2. The zero-order chi connectivity index (χ0) is 14.8. The van der Waals surface area contributed by atoms with Gasteiger partial charge in [0.25, 0.3) is 0 Å². The van der Waals surface area contributed by atoms with Gasteiger partial charge in [0.2, 0.25) is 0 Å². The van der Waals surface area contributed by atoms with Gasteiger partial charge in [0.1, 0.15) is 0 Å². The van der Waals surface area contributed by atoms with Crippen LogP contribution in [-0.4, -0.2) is 15.8 Å². The Balaban J connectivity index is 1.80. The first-order valence-electron chi connectivity index (χ1n) is 7.73. The first-order chi connectivity index (χ1) is 10.2. The summed E-state index contributed by atoms with van der Waals surface area (Å²) >= 11 is 6.49. The number of hydrogen-bond acceptors (Lipinski definition) is 2. The van der Waals surface area contributed by atoms with Crippen LogP contribution in [0.5, 0.6) is 0 Å². The van der Waals surface area contributed by atoms with Crippen molar-refractivity contribution in [2.45, 2.75) is 52.2 Å². The normalized spacial score (nSPS) is 14.6. The van der Waals surface area contributed by atoms with Crippen molar-refractivity contribution in [1.29, 1.82) is 0 Å². The second-order valence-corrected chi connectivity index (χ2v) is 6.27. The molecule has 0 saturated heterocycles. The van der Waals surface area contributed by atoms with Gasteiger partial charge in [-0.3, -0.25) is 4.68 Å². The molecular weight excluding hydrogens is 282 g/mol. The van der Waals surface area contributed by atoms with Gasteiger partial charge in [0.05, 0.1) is 5.69 Å². The highest BCUT2D eigenvalue weighted by atomic mass is 35.5. The second-order valence-electron chi connectivity index (χ2n) is 5.86. The van der Waals surface area contributed by atoms with Gasteiger partial charge in [-0.15, -0.1) is 0 Å². The molecule has 2 aromatic rings. The van der Waals surface area contributed by atoms with E-state index < -0.39 is 0 Å². The van der Waals surface area contributed by atoms with Crippen LogP contribution in [0.25, 0.3) is 11.1 Å². The minimum absolute atomic E-state index is 0.720. The predicted octanol–water partition coefficient (Wildman–Crippen LogP) is 4.17. The highest BCUT2D eigenvalue weighted by molar-refractivity contribution is 6.33. The summed E-state index contributed by atoms with van der Waals surface area (Å²) in [5, 5.41) is 8.88. The van der Waals surface area contributed by atoms with Crippen molar-refractivity contribution >= 4 is 11.6 Å². The van der Waals surface area contributed by atoms with Crippen LogP contribution in [0, 0.1) is 6.92 Å². The van der Waals surface area contributed by atoms with Gasteiger partial charge >= 0.3 is 0 Å². The molecule has 1 saturated carbocycles. The van der Waals surface area contributed by atoms with Crippen LogP contribution in [0.1, 0.15) is 37.4 Å².